The second-order valence-electron chi connectivity index (χ2n) is 4.19. The fourth-order valence-corrected chi connectivity index (χ4v) is 1.82. The van der Waals surface area contributed by atoms with Gasteiger partial charge in [0.15, 0.2) is 0 Å². The topological polar surface area (TPSA) is 26.0 Å². The fourth-order valence-electron chi connectivity index (χ4n) is 1.82. The third-order valence-electron chi connectivity index (χ3n) is 2.97. The third kappa shape index (κ3) is 2.36. The molecule has 0 amide bonds. The van der Waals surface area contributed by atoms with Gasteiger partial charge in [-0.25, -0.2) is 0 Å². The molecule has 0 heterocycles. The standard InChI is InChI=1S/C9H16F3N/c1-7-3-2-5-8(13,6-4-7)9(10,11)12/h7H,2-6,13H2,1H3. The summed E-state index contributed by atoms with van der Waals surface area (Å²) >= 11 is 0. The van der Waals surface area contributed by atoms with Crippen LogP contribution in [-0.4, -0.2) is 11.7 Å². The van der Waals surface area contributed by atoms with Crippen LogP contribution in [0.3, 0.4) is 0 Å². The molecular formula is C9H16F3N. The Labute approximate surface area is 76.5 Å². The van der Waals surface area contributed by atoms with Crippen LogP contribution < -0.4 is 5.73 Å². The van der Waals surface area contributed by atoms with Gasteiger partial charge in [-0.1, -0.05) is 19.8 Å². The molecule has 2 N–H and O–H groups in total. The Kier molecular flexibility index (Phi) is 2.90. The van der Waals surface area contributed by atoms with E-state index < -0.39 is 11.7 Å². The largest absolute Gasteiger partial charge is 0.406 e. The van der Waals surface area contributed by atoms with Gasteiger partial charge >= 0.3 is 6.18 Å². The maximum absolute atomic E-state index is 12.5. The smallest absolute Gasteiger partial charge is 0.318 e. The number of hydrogen-bond donors (Lipinski definition) is 1. The Hall–Kier alpha value is -0.250. The molecule has 78 valence electrons. The van der Waals surface area contributed by atoms with E-state index in [9.17, 15) is 13.2 Å². The highest BCUT2D eigenvalue weighted by molar-refractivity contribution is 4.93. The summed E-state index contributed by atoms with van der Waals surface area (Å²) in [6, 6.07) is 0. The van der Waals surface area contributed by atoms with Gasteiger partial charge in [0.2, 0.25) is 0 Å². The molecule has 0 aliphatic heterocycles. The van der Waals surface area contributed by atoms with Crippen molar-refractivity contribution in [1.82, 2.24) is 0 Å². The summed E-state index contributed by atoms with van der Waals surface area (Å²) in [6.07, 6.45) is -2.02. The van der Waals surface area contributed by atoms with E-state index >= 15 is 0 Å². The minimum Gasteiger partial charge on any atom is -0.318 e. The maximum atomic E-state index is 12.5. The molecule has 1 saturated carbocycles. The van der Waals surface area contributed by atoms with Crippen molar-refractivity contribution in [3.8, 4) is 0 Å². The molecular weight excluding hydrogens is 179 g/mol. The molecule has 0 spiro atoms. The third-order valence-corrected chi connectivity index (χ3v) is 2.97. The zero-order valence-corrected chi connectivity index (χ0v) is 7.82. The average molecular weight is 195 g/mol. The van der Waals surface area contributed by atoms with Gasteiger partial charge in [-0.3, -0.25) is 0 Å². The molecule has 0 aromatic rings. The Morgan fingerprint density at radius 3 is 2.38 bits per heavy atom. The lowest BCUT2D eigenvalue weighted by Gasteiger charge is -2.30. The van der Waals surface area contributed by atoms with Crippen LogP contribution in [0.4, 0.5) is 13.2 Å². The van der Waals surface area contributed by atoms with Crippen molar-refractivity contribution in [2.75, 3.05) is 0 Å². The highest BCUT2D eigenvalue weighted by Gasteiger charge is 2.51. The quantitative estimate of drug-likeness (QED) is 0.591. The van der Waals surface area contributed by atoms with Crippen molar-refractivity contribution in [2.24, 2.45) is 11.7 Å². The molecule has 0 saturated heterocycles. The first-order valence-corrected chi connectivity index (χ1v) is 4.71. The summed E-state index contributed by atoms with van der Waals surface area (Å²) in [6.45, 7) is 1.99. The molecule has 4 heteroatoms. The van der Waals surface area contributed by atoms with Crippen LogP contribution in [0.5, 0.6) is 0 Å². The molecule has 1 rings (SSSR count). The van der Waals surface area contributed by atoms with Crippen molar-refractivity contribution in [3.63, 3.8) is 0 Å². The monoisotopic (exact) mass is 195 g/mol. The van der Waals surface area contributed by atoms with Crippen LogP contribution in [0.15, 0.2) is 0 Å². The highest BCUT2D eigenvalue weighted by Crippen LogP contribution is 2.39. The molecule has 0 aromatic carbocycles. The van der Waals surface area contributed by atoms with Crippen molar-refractivity contribution < 1.29 is 13.2 Å². The van der Waals surface area contributed by atoms with E-state index in [0.717, 1.165) is 6.42 Å². The number of halogens is 3. The molecule has 1 aliphatic carbocycles. The molecule has 2 unspecified atom stereocenters. The van der Waals surface area contributed by atoms with Crippen LogP contribution in [0.2, 0.25) is 0 Å². The molecule has 1 nitrogen and oxygen atoms in total. The van der Waals surface area contributed by atoms with Gasteiger partial charge in [-0.05, 0) is 25.2 Å². The first kappa shape index (κ1) is 10.8. The van der Waals surface area contributed by atoms with Gasteiger partial charge in [0.05, 0.1) is 0 Å². The summed E-state index contributed by atoms with van der Waals surface area (Å²) in [5, 5.41) is 0. The SMILES string of the molecule is CC1CCCC(N)(C(F)(F)F)CC1. The minimum absolute atomic E-state index is 0.0810. The van der Waals surface area contributed by atoms with E-state index in [4.69, 9.17) is 5.73 Å². The van der Waals surface area contributed by atoms with Crippen molar-refractivity contribution >= 4 is 0 Å². The molecule has 2 atom stereocenters. The summed E-state index contributed by atoms with van der Waals surface area (Å²) in [7, 11) is 0. The Morgan fingerprint density at radius 2 is 1.85 bits per heavy atom. The molecule has 13 heavy (non-hydrogen) atoms. The Balaban J connectivity index is 2.68. The van der Waals surface area contributed by atoms with E-state index in [2.05, 4.69) is 0 Å². The molecule has 1 fully saturated rings. The maximum Gasteiger partial charge on any atom is 0.406 e. The minimum atomic E-state index is -4.24. The number of nitrogens with two attached hydrogens (primary N) is 1. The van der Waals surface area contributed by atoms with E-state index in [0.29, 0.717) is 18.8 Å². The number of hydrogen-bond acceptors (Lipinski definition) is 1. The van der Waals surface area contributed by atoms with Crippen molar-refractivity contribution in [1.29, 1.82) is 0 Å². The van der Waals surface area contributed by atoms with Crippen LogP contribution in [-0.2, 0) is 0 Å². The predicted octanol–water partition coefficient (Wildman–Crippen LogP) is 2.85. The van der Waals surface area contributed by atoms with Gasteiger partial charge in [0.25, 0.3) is 0 Å². The van der Waals surface area contributed by atoms with Crippen molar-refractivity contribution in [3.05, 3.63) is 0 Å². The molecule has 1 aliphatic rings. The summed E-state index contributed by atoms with van der Waals surface area (Å²) in [5.74, 6) is 0.382. The number of alkyl halides is 3. The Morgan fingerprint density at radius 1 is 1.23 bits per heavy atom. The lowest BCUT2D eigenvalue weighted by molar-refractivity contribution is -0.189. The van der Waals surface area contributed by atoms with Crippen LogP contribution in [0.1, 0.15) is 39.0 Å². The normalized spacial score (nSPS) is 37.2. The van der Waals surface area contributed by atoms with E-state index in [1.54, 1.807) is 0 Å². The zero-order valence-electron chi connectivity index (χ0n) is 7.82. The van der Waals surface area contributed by atoms with E-state index in [1.807, 2.05) is 6.92 Å². The summed E-state index contributed by atoms with van der Waals surface area (Å²) < 4.78 is 37.5. The fraction of sp³-hybridized carbons (Fsp3) is 1.00. The lowest BCUT2D eigenvalue weighted by Crippen LogP contribution is -2.52. The summed E-state index contributed by atoms with van der Waals surface area (Å²) in [5.41, 5.74) is 3.45. The van der Waals surface area contributed by atoms with Gasteiger partial charge in [-0.2, -0.15) is 13.2 Å². The van der Waals surface area contributed by atoms with Gasteiger partial charge in [-0.15, -0.1) is 0 Å². The van der Waals surface area contributed by atoms with Crippen molar-refractivity contribution in [2.45, 2.75) is 50.7 Å². The average Bonchev–Trinajstić information content (AvgIpc) is 2.13. The van der Waals surface area contributed by atoms with Crippen LogP contribution in [0, 0.1) is 5.92 Å². The van der Waals surface area contributed by atoms with Gasteiger partial charge in [0, 0.05) is 0 Å². The number of rotatable bonds is 0. The second kappa shape index (κ2) is 3.48. The van der Waals surface area contributed by atoms with Gasteiger partial charge < -0.3 is 5.73 Å². The zero-order chi connectivity index (χ0) is 10.1. The van der Waals surface area contributed by atoms with Gasteiger partial charge in [0.1, 0.15) is 5.54 Å². The van der Waals surface area contributed by atoms with E-state index in [-0.39, 0.29) is 12.8 Å². The van der Waals surface area contributed by atoms with Crippen LogP contribution in [0.25, 0.3) is 0 Å². The lowest BCUT2D eigenvalue weighted by atomic mass is 9.90. The first-order valence-electron chi connectivity index (χ1n) is 4.71. The predicted molar refractivity (Wildman–Crippen MR) is 45.2 cm³/mol. The molecule has 0 aromatic heterocycles. The Bertz CT molecular complexity index is 178. The molecule has 0 radical (unpaired) electrons. The first-order chi connectivity index (χ1) is 5.85. The highest BCUT2D eigenvalue weighted by atomic mass is 19.4. The van der Waals surface area contributed by atoms with Crippen LogP contribution >= 0.6 is 0 Å². The second-order valence-corrected chi connectivity index (χ2v) is 4.19. The molecule has 0 bridgehead atoms. The summed E-state index contributed by atoms with van der Waals surface area (Å²) in [4.78, 5) is 0. The van der Waals surface area contributed by atoms with E-state index in [1.165, 1.54) is 0 Å².